The van der Waals surface area contributed by atoms with Gasteiger partial charge < -0.3 is 35.2 Å². The second-order valence-electron chi connectivity index (χ2n) is 8.40. The van der Waals surface area contributed by atoms with E-state index in [4.69, 9.17) is 10.5 Å². The quantitative estimate of drug-likeness (QED) is 0.394. The van der Waals surface area contributed by atoms with Gasteiger partial charge in [-0.1, -0.05) is 6.07 Å². The van der Waals surface area contributed by atoms with Gasteiger partial charge in [-0.25, -0.2) is 4.98 Å². The lowest BCUT2D eigenvalue weighted by molar-refractivity contribution is -0.286. The maximum absolute atomic E-state index is 13.4. The zero-order valence-electron chi connectivity index (χ0n) is 18.4. The summed E-state index contributed by atoms with van der Waals surface area (Å²) in [5.74, 6) is -0.0232. The third-order valence-electron chi connectivity index (χ3n) is 6.21. The molecule has 0 amide bonds. The number of alkyl halides is 2. The van der Waals surface area contributed by atoms with Crippen LogP contribution < -0.4 is 14.8 Å². The number of halogens is 2. The SMILES string of the molecule is N=C/C(=C\NC1CCN(CCO)CC1)c1cnc2[nH]cc(-c3ccc4c(c3)OC(F)(F)O4)c2c1. The lowest BCUT2D eigenvalue weighted by Gasteiger charge is -2.31. The van der Waals surface area contributed by atoms with Crippen LogP contribution in [0.15, 0.2) is 42.9 Å². The van der Waals surface area contributed by atoms with E-state index < -0.39 is 6.29 Å². The molecule has 2 aliphatic heterocycles. The van der Waals surface area contributed by atoms with Crippen LogP contribution in [0.25, 0.3) is 27.7 Å². The largest absolute Gasteiger partial charge is 0.586 e. The number of benzene rings is 1. The summed E-state index contributed by atoms with van der Waals surface area (Å²) in [6.07, 6.45) is 4.86. The zero-order chi connectivity index (χ0) is 23.7. The number of aliphatic hydroxyl groups is 1. The van der Waals surface area contributed by atoms with E-state index in [0.717, 1.165) is 42.4 Å². The number of nitrogens with zero attached hydrogens (tertiary/aromatic N) is 2. The van der Waals surface area contributed by atoms with Gasteiger partial charge in [-0.05, 0) is 36.6 Å². The van der Waals surface area contributed by atoms with Crippen LogP contribution in [0.5, 0.6) is 11.5 Å². The molecule has 0 atom stereocenters. The third kappa shape index (κ3) is 4.46. The number of β-amino-alcohol motifs (C(OH)–C–C–N with tert-alkyl or cyclic N) is 1. The molecule has 4 heterocycles. The van der Waals surface area contributed by atoms with E-state index in [1.165, 1.54) is 18.3 Å². The normalized spacial score (nSPS) is 18.4. The Labute approximate surface area is 194 Å². The predicted octanol–water partition coefficient (Wildman–Crippen LogP) is 3.59. The molecular formula is C24H25F2N5O3. The molecule has 0 radical (unpaired) electrons. The van der Waals surface area contributed by atoms with Gasteiger partial charge in [-0.2, -0.15) is 0 Å². The molecule has 178 valence electrons. The van der Waals surface area contributed by atoms with Crippen molar-refractivity contribution in [2.24, 2.45) is 0 Å². The van der Waals surface area contributed by atoms with E-state index in [-0.39, 0.29) is 18.1 Å². The Morgan fingerprint density at radius 3 is 2.82 bits per heavy atom. The number of aliphatic hydroxyl groups excluding tert-OH is 1. The zero-order valence-corrected chi connectivity index (χ0v) is 18.4. The minimum absolute atomic E-state index is 0.00491. The summed E-state index contributed by atoms with van der Waals surface area (Å²) in [4.78, 5) is 9.83. The summed E-state index contributed by atoms with van der Waals surface area (Å²) in [6, 6.07) is 6.90. The van der Waals surface area contributed by atoms with E-state index in [1.807, 2.05) is 12.3 Å². The predicted molar refractivity (Wildman–Crippen MR) is 124 cm³/mol. The van der Waals surface area contributed by atoms with Crippen LogP contribution >= 0.6 is 0 Å². The van der Waals surface area contributed by atoms with Crippen LogP contribution in [-0.2, 0) is 0 Å². The van der Waals surface area contributed by atoms with Crippen molar-refractivity contribution in [1.82, 2.24) is 20.2 Å². The molecule has 0 aliphatic carbocycles. The lowest BCUT2D eigenvalue weighted by atomic mass is 10.0. The van der Waals surface area contributed by atoms with Crippen molar-refractivity contribution in [3.05, 3.63) is 48.4 Å². The van der Waals surface area contributed by atoms with Crippen molar-refractivity contribution in [2.45, 2.75) is 25.2 Å². The fraction of sp³-hybridized carbons (Fsp3) is 0.333. The molecule has 0 unspecified atom stereocenters. The number of pyridine rings is 1. The van der Waals surface area contributed by atoms with E-state index >= 15 is 0 Å². The van der Waals surface area contributed by atoms with Crippen molar-refractivity contribution >= 4 is 22.8 Å². The van der Waals surface area contributed by atoms with Crippen LogP contribution in [0.4, 0.5) is 8.78 Å². The molecular weight excluding hydrogens is 444 g/mol. The first-order valence-corrected chi connectivity index (χ1v) is 11.1. The van der Waals surface area contributed by atoms with Crippen LogP contribution in [0.1, 0.15) is 18.4 Å². The molecule has 0 spiro atoms. The van der Waals surface area contributed by atoms with Gasteiger partial charge in [-0.15, -0.1) is 8.78 Å². The molecule has 8 nitrogen and oxygen atoms in total. The number of aromatic amines is 1. The van der Waals surface area contributed by atoms with Gasteiger partial charge in [0.05, 0.1) is 6.61 Å². The minimum Gasteiger partial charge on any atom is -0.395 e. The van der Waals surface area contributed by atoms with Gasteiger partial charge in [0.2, 0.25) is 0 Å². The van der Waals surface area contributed by atoms with Gasteiger partial charge in [-0.3, -0.25) is 0 Å². The molecule has 1 aromatic carbocycles. The van der Waals surface area contributed by atoms with Crippen LogP contribution in [-0.4, -0.2) is 64.8 Å². The number of hydrogen-bond acceptors (Lipinski definition) is 7. The Balaban J connectivity index is 1.37. The second kappa shape index (κ2) is 9.03. The van der Waals surface area contributed by atoms with E-state index in [9.17, 15) is 8.78 Å². The average molecular weight is 469 g/mol. The van der Waals surface area contributed by atoms with Crippen molar-refractivity contribution < 1.29 is 23.4 Å². The molecule has 1 saturated heterocycles. The maximum Gasteiger partial charge on any atom is 0.586 e. The molecule has 2 aromatic heterocycles. The van der Waals surface area contributed by atoms with Gasteiger partial charge >= 0.3 is 6.29 Å². The molecule has 4 N–H and O–H groups in total. The minimum atomic E-state index is -3.66. The summed E-state index contributed by atoms with van der Waals surface area (Å²) >= 11 is 0. The summed E-state index contributed by atoms with van der Waals surface area (Å²) in [5.41, 5.74) is 3.55. The highest BCUT2D eigenvalue weighted by molar-refractivity contribution is 6.09. The first-order chi connectivity index (χ1) is 16.5. The highest BCUT2D eigenvalue weighted by Crippen LogP contribution is 2.43. The highest BCUT2D eigenvalue weighted by atomic mass is 19.3. The molecule has 10 heteroatoms. The Bertz CT molecular complexity index is 1230. The number of hydrogen-bond donors (Lipinski definition) is 4. The van der Waals surface area contributed by atoms with E-state index in [0.29, 0.717) is 29.4 Å². The Morgan fingerprint density at radius 1 is 1.26 bits per heavy atom. The number of H-pyrrole nitrogens is 1. The number of likely N-dealkylation sites (tertiary alicyclic amines) is 1. The van der Waals surface area contributed by atoms with Crippen LogP contribution in [0, 0.1) is 5.41 Å². The van der Waals surface area contributed by atoms with Crippen molar-refractivity contribution in [3.8, 4) is 22.6 Å². The van der Waals surface area contributed by atoms with Crippen LogP contribution in [0.3, 0.4) is 0 Å². The summed E-state index contributed by atoms with van der Waals surface area (Å²) in [6.45, 7) is 2.72. The fourth-order valence-electron chi connectivity index (χ4n) is 4.40. The number of ether oxygens (including phenoxy) is 2. The second-order valence-corrected chi connectivity index (χ2v) is 8.40. The molecule has 0 saturated carbocycles. The van der Waals surface area contributed by atoms with Gasteiger partial charge in [0, 0.05) is 72.6 Å². The topological polar surface area (TPSA) is 106 Å². The Morgan fingerprint density at radius 2 is 2.06 bits per heavy atom. The smallest absolute Gasteiger partial charge is 0.395 e. The van der Waals surface area contributed by atoms with Crippen molar-refractivity contribution in [3.63, 3.8) is 0 Å². The monoisotopic (exact) mass is 469 g/mol. The van der Waals surface area contributed by atoms with Gasteiger partial charge in [0.1, 0.15) is 5.65 Å². The summed E-state index contributed by atoms with van der Waals surface area (Å²) in [5, 5.41) is 21.2. The third-order valence-corrected chi connectivity index (χ3v) is 6.21. The van der Waals surface area contributed by atoms with E-state index in [2.05, 4.69) is 29.7 Å². The molecule has 2 aliphatic rings. The molecule has 1 fully saturated rings. The molecule has 34 heavy (non-hydrogen) atoms. The Kier molecular flexibility index (Phi) is 5.93. The summed E-state index contributed by atoms with van der Waals surface area (Å²) < 4.78 is 35.9. The van der Waals surface area contributed by atoms with E-state index in [1.54, 1.807) is 18.5 Å². The maximum atomic E-state index is 13.4. The number of piperidine rings is 1. The number of fused-ring (bicyclic) bond motifs is 2. The summed E-state index contributed by atoms with van der Waals surface area (Å²) in [7, 11) is 0. The lowest BCUT2D eigenvalue weighted by Crippen LogP contribution is -2.41. The number of allylic oxidation sites excluding steroid dienone is 1. The number of nitrogens with one attached hydrogen (secondary N) is 3. The number of rotatable bonds is 7. The van der Waals surface area contributed by atoms with Crippen LogP contribution in [0.2, 0.25) is 0 Å². The van der Waals surface area contributed by atoms with Crippen molar-refractivity contribution in [2.75, 3.05) is 26.2 Å². The fourth-order valence-corrected chi connectivity index (χ4v) is 4.40. The highest BCUT2D eigenvalue weighted by Gasteiger charge is 2.43. The van der Waals surface area contributed by atoms with Gasteiger partial charge in [0.25, 0.3) is 0 Å². The van der Waals surface area contributed by atoms with Gasteiger partial charge in [0.15, 0.2) is 11.5 Å². The Hall–Kier alpha value is -3.50. The first kappa shape index (κ1) is 22.3. The number of aromatic nitrogens is 2. The van der Waals surface area contributed by atoms with Crippen molar-refractivity contribution in [1.29, 1.82) is 5.41 Å². The standard InChI is InChI=1S/C24H25F2N5O3/c25-24(26)33-21-2-1-15(10-22(21)34-24)20-14-30-23-19(20)9-16(12-29-23)17(11-27)13-28-18-3-5-31(6-4-18)7-8-32/h1-2,9-14,18,27-28,32H,3-8H2,(H,29,30)/b17-13+,27-11?. The molecule has 3 aromatic rings. The molecule has 5 rings (SSSR count). The first-order valence-electron chi connectivity index (χ1n) is 11.1. The molecule has 0 bridgehead atoms. The average Bonchev–Trinajstić information content (AvgIpc) is 3.39.